The lowest BCUT2D eigenvalue weighted by molar-refractivity contribution is -0.122. The Morgan fingerprint density at radius 1 is 1.23 bits per heavy atom. The van der Waals surface area contributed by atoms with Crippen LogP contribution in [0.15, 0.2) is 47.5 Å². The van der Waals surface area contributed by atoms with E-state index in [9.17, 15) is 13.6 Å². The number of anilines is 1. The minimum atomic E-state index is -2.05. The summed E-state index contributed by atoms with van der Waals surface area (Å²) in [7, 11) is 1.43. The topological polar surface area (TPSA) is 32.7 Å². The summed E-state index contributed by atoms with van der Waals surface area (Å²) in [5, 5.41) is 0.442. The fraction of sp³-hybridized carbons (Fsp3) is 0.125. The van der Waals surface area contributed by atoms with Crippen LogP contribution in [0.1, 0.15) is 11.1 Å². The average Bonchev–Trinajstić information content (AvgIpc) is 2.58. The maximum Gasteiger partial charge on any atom is 0.284 e. The zero-order valence-corrected chi connectivity index (χ0v) is 12.3. The largest absolute Gasteiger partial charge is 0.311 e. The lowest BCUT2D eigenvalue weighted by atomic mass is 10.00. The van der Waals surface area contributed by atoms with Gasteiger partial charge in [0.15, 0.2) is 0 Å². The summed E-state index contributed by atoms with van der Waals surface area (Å²) >= 11 is 5.96. The number of likely N-dealkylation sites (N-methyl/N-ethyl adjacent to an activating group) is 1. The number of hydrogen-bond acceptors (Lipinski definition) is 2. The number of carbonyl (C=O) groups is 1. The lowest BCUT2D eigenvalue weighted by Gasteiger charge is -2.18. The molecule has 3 nitrogen and oxygen atoms in total. The van der Waals surface area contributed by atoms with Crippen LogP contribution < -0.4 is 4.90 Å². The molecule has 2 aromatic rings. The summed E-state index contributed by atoms with van der Waals surface area (Å²) in [6.45, 7) is 0. The third-order valence-corrected chi connectivity index (χ3v) is 3.69. The molecule has 0 radical (unpaired) electrons. The number of rotatable bonds is 1. The first-order valence-corrected chi connectivity index (χ1v) is 6.90. The van der Waals surface area contributed by atoms with Gasteiger partial charge in [-0.05, 0) is 30.3 Å². The summed E-state index contributed by atoms with van der Waals surface area (Å²) in [5.41, 5.74) is 1.45. The summed E-state index contributed by atoms with van der Waals surface area (Å²) < 4.78 is 27.7. The van der Waals surface area contributed by atoms with Crippen LogP contribution in [-0.2, 0) is 4.79 Å². The van der Waals surface area contributed by atoms with Gasteiger partial charge in [0.05, 0.1) is 11.4 Å². The van der Waals surface area contributed by atoms with E-state index < -0.39 is 18.0 Å². The molecule has 0 N–H and O–H groups in total. The highest BCUT2D eigenvalue weighted by atomic mass is 35.5. The fourth-order valence-corrected chi connectivity index (χ4v) is 2.56. The van der Waals surface area contributed by atoms with Gasteiger partial charge in [0.2, 0.25) is 0 Å². The summed E-state index contributed by atoms with van der Waals surface area (Å²) in [5.74, 6) is -1.29. The second kappa shape index (κ2) is 5.50. The molecule has 1 aliphatic rings. The quantitative estimate of drug-likeness (QED) is 0.739. The number of benzodiazepines with no additional fused rings is 1. The molecule has 1 heterocycles. The SMILES string of the molecule is CN1C(=O)C(F)N=C(c2cccc(Cl)c2)c2cc(F)ccc21. The number of benzene rings is 2. The molecule has 1 amide bonds. The Bertz CT molecular complexity index is 791. The predicted octanol–water partition coefficient (Wildman–Crippen LogP) is 3.59. The van der Waals surface area contributed by atoms with Crippen LogP contribution in [0, 0.1) is 5.82 Å². The molecule has 2 aromatic carbocycles. The third kappa shape index (κ3) is 2.48. The van der Waals surface area contributed by atoms with Crippen LogP contribution in [0.3, 0.4) is 0 Å². The van der Waals surface area contributed by atoms with Crippen LogP contribution in [0.2, 0.25) is 5.02 Å². The predicted molar refractivity (Wildman–Crippen MR) is 81.8 cm³/mol. The number of fused-ring (bicyclic) bond motifs is 1. The van der Waals surface area contributed by atoms with Gasteiger partial charge in [-0.2, -0.15) is 0 Å². The van der Waals surface area contributed by atoms with E-state index in [1.807, 2.05) is 0 Å². The van der Waals surface area contributed by atoms with Crippen LogP contribution in [0.25, 0.3) is 0 Å². The Labute approximate surface area is 130 Å². The lowest BCUT2D eigenvalue weighted by Crippen LogP contribution is -2.32. The van der Waals surface area contributed by atoms with Crippen molar-refractivity contribution >= 4 is 28.9 Å². The van der Waals surface area contributed by atoms with Gasteiger partial charge in [-0.1, -0.05) is 23.7 Å². The van der Waals surface area contributed by atoms with E-state index >= 15 is 0 Å². The van der Waals surface area contributed by atoms with Crippen molar-refractivity contribution in [3.8, 4) is 0 Å². The first kappa shape index (κ1) is 14.7. The molecule has 1 unspecified atom stereocenters. The number of alkyl halides is 1. The third-order valence-electron chi connectivity index (χ3n) is 3.45. The molecule has 0 saturated carbocycles. The molecule has 1 atom stereocenters. The maximum atomic E-state index is 14.1. The van der Waals surface area contributed by atoms with E-state index in [0.29, 0.717) is 21.8 Å². The molecular formula is C16H11ClF2N2O. The summed E-state index contributed by atoms with van der Waals surface area (Å²) in [6, 6.07) is 10.5. The molecule has 0 saturated heterocycles. The van der Waals surface area contributed by atoms with Crippen molar-refractivity contribution in [1.82, 2.24) is 0 Å². The molecule has 6 heteroatoms. The van der Waals surface area contributed by atoms with Crippen molar-refractivity contribution in [2.24, 2.45) is 4.99 Å². The molecule has 112 valence electrons. The highest BCUT2D eigenvalue weighted by Crippen LogP contribution is 2.29. The van der Waals surface area contributed by atoms with E-state index in [2.05, 4.69) is 4.99 Å². The normalized spacial score (nSPS) is 17.8. The van der Waals surface area contributed by atoms with Gasteiger partial charge in [-0.3, -0.25) is 4.79 Å². The number of aliphatic imine (C=N–C) groups is 1. The monoisotopic (exact) mass is 320 g/mol. The van der Waals surface area contributed by atoms with E-state index in [0.717, 1.165) is 4.90 Å². The molecule has 22 heavy (non-hydrogen) atoms. The van der Waals surface area contributed by atoms with Crippen molar-refractivity contribution in [2.75, 3.05) is 11.9 Å². The van der Waals surface area contributed by atoms with Crippen molar-refractivity contribution in [2.45, 2.75) is 6.30 Å². The maximum absolute atomic E-state index is 14.1. The Balaban J connectivity index is 2.28. The first-order valence-electron chi connectivity index (χ1n) is 6.52. The average molecular weight is 321 g/mol. The molecule has 0 bridgehead atoms. The Kier molecular flexibility index (Phi) is 3.66. The van der Waals surface area contributed by atoms with Crippen molar-refractivity contribution in [3.05, 3.63) is 64.4 Å². The van der Waals surface area contributed by atoms with E-state index in [4.69, 9.17) is 11.6 Å². The molecule has 0 aromatic heterocycles. The Morgan fingerprint density at radius 3 is 2.73 bits per heavy atom. The van der Waals surface area contributed by atoms with Crippen molar-refractivity contribution in [3.63, 3.8) is 0 Å². The second-order valence-electron chi connectivity index (χ2n) is 4.88. The molecule has 0 fully saturated rings. The van der Waals surface area contributed by atoms with Gasteiger partial charge in [0.25, 0.3) is 12.2 Å². The van der Waals surface area contributed by atoms with E-state index in [1.165, 1.54) is 25.2 Å². The van der Waals surface area contributed by atoms with Crippen LogP contribution in [0.4, 0.5) is 14.5 Å². The van der Waals surface area contributed by atoms with Gasteiger partial charge in [-0.25, -0.2) is 13.8 Å². The van der Waals surface area contributed by atoms with Gasteiger partial charge in [0, 0.05) is 23.2 Å². The first-order chi connectivity index (χ1) is 10.5. The zero-order chi connectivity index (χ0) is 15.9. The van der Waals surface area contributed by atoms with Crippen LogP contribution in [-0.4, -0.2) is 25.0 Å². The fourth-order valence-electron chi connectivity index (χ4n) is 2.37. The van der Waals surface area contributed by atoms with Crippen molar-refractivity contribution in [1.29, 1.82) is 0 Å². The minimum absolute atomic E-state index is 0.196. The minimum Gasteiger partial charge on any atom is -0.311 e. The molecule has 1 aliphatic heterocycles. The van der Waals surface area contributed by atoms with Gasteiger partial charge in [0.1, 0.15) is 5.82 Å². The second-order valence-corrected chi connectivity index (χ2v) is 5.32. The number of hydrogen-bond donors (Lipinski definition) is 0. The summed E-state index contributed by atoms with van der Waals surface area (Å²) in [4.78, 5) is 16.9. The molecule has 3 rings (SSSR count). The zero-order valence-electron chi connectivity index (χ0n) is 11.6. The van der Waals surface area contributed by atoms with Gasteiger partial charge < -0.3 is 4.90 Å². The Hall–Kier alpha value is -2.27. The highest BCUT2D eigenvalue weighted by Gasteiger charge is 2.30. The number of carbonyl (C=O) groups excluding carboxylic acids is 1. The van der Waals surface area contributed by atoms with E-state index in [1.54, 1.807) is 24.3 Å². The van der Waals surface area contributed by atoms with Gasteiger partial charge >= 0.3 is 0 Å². The molecular weight excluding hydrogens is 310 g/mol. The van der Waals surface area contributed by atoms with E-state index in [-0.39, 0.29) is 5.71 Å². The summed E-state index contributed by atoms with van der Waals surface area (Å²) in [6.07, 6.45) is -2.05. The number of nitrogens with zero attached hydrogens (tertiary/aromatic N) is 2. The van der Waals surface area contributed by atoms with Gasteiger partial charge in [-0.15, -0.1) is 0 Å². The Morgan fingerprint density at radius 2 is 2.00 bits per heavy atom. The highest BCUT2D eigenvalue weighted by molar-refractivity contribution is 6.31. The smallest absolute Gasteiger partial charge is 0.284 e. The number of amides is 1. The molecule has 0 aliphatic carbocycles. The standard InChI is InChI=1S/C16H11ClF2N2O/c1-21-13-6-5-11(18)8-12(13)14(20-15(19)16(21)22)9-3-2-4-10(17)7-9/h2-8,15H,1H3. The van der Waals surface area contributed by atoms with Crippen LogP contribution >= 0.6 is 11.6 Å². The molecule has 0 spiro atoms. The number of halogens is 3. The van der Waals surface area contributed by atoms with Crippen molar-refractivity contribution < 1.29 is 13.6 Å². The van der Waals surface area contributed by atoms with Crippen LogP contribution in [0.5, 0.6) is 0 Å².